The van der Waals surface area contributed by atoms with Crippen LogP contribution in [0.4, 0.5) is 20.2 Å². The van der Waals surface area contributed by atoms with E-state index >= 15 is 0 Å². The summed E-state index contributed by atoms with van der Waals surface area (Å²) in [6, 6.07) is 11.9. The van der Waals surface area contributed by atoms with Crippen molar-refractivity contribution in [3.05, 3.63) is 83.8 Å². The van der Waals surface area contributed by atoms with Gasteiger partial charge in [0.1, 0.15) is 0 Å². The molecule has 0 aliphatic rings. The van der Waals surface area contributed by atoms with Crippen LogP contribution in [0.15, 0.2) is 65.3 Å². The lowest BCUT2D eigenvalue weighted by molar-refractivity contribution is -0.123. The molecule has 0 bridgehead atoms. The summed E-state index contributed by atoms with van der Waals surface area (Å²) in [6.07, 6.45) is 0.0852. The summed E-state index contributed by atoms with van der Waals surface area (Å²) in [5, 5.41) is 4.86. The summed E-state index contributed by atoms with van der Waals surface area (Å²) in [5.74, 6) is -4.30. The van der Waals surface area contributed by atoms with Crippen molar-refractivity contribution < 1.29 is 32.3 Å². The van der Waals surface area contributed by atoms with Crippen molar-refractivity contribution in [1.82, 2.24) is 0 Å². The van der Waals surface area contributed by atoms with Crippen LogP contribution in [0.3, 0.4) is 0 Å². The second-order valence-corrected chi connectivity index (χ2v) is 6.14. The van der Waals surface area contributed by atoms with Gasteiger partial charge in [0.15, 0.2) is 23.5 Å². The molecule has 3 rings (SSSR count). The van der Waals surface area contributed by atoms with Crippen LogP contribution in [0.25, 0.3) is 0 Å². The average Bonchev–Trinajstić information content (AvgIpc) is 3.26. The highest BCUT2D eigenvalue weighted by atomic mass is 19.2. The third kappa shape index (κ3) is 4.88. The molecule has 0 unspecified atom stereocenters. The van der Waals surface area contributed by atoms with E-state index in [1.54, 1.807) is 18.2 Å². The summed E-state index contributed by atoms with van der Waals surface area (Å²) in [4.78, 5) is 36.9. The molecule has 0 spiro atoms. The van der Waals surface area contributed by atoms with Crippen LogP contribution in [-0.2, 0) is 9.53 Å². The van der Waals surface area contributed by atoms with Crippen LogP contribution in [0.5, 0.6) is 0 Å². The van der Waals surface area contributed by atoms with E-state index in [0.717, 1.165) is 12.1 Å². The lowest BCUT2D eigenvalue weighted by Gasteiger charge is -2.15. The molecule has 1 atom stereocenters. The molecule has 0 aliphatic heterocycles. The molecule has 0 saturated carbocycles. The Morgan fingerprint density at radius 2 is 1.73 bits per heavy atom. The third-order valence-corrected chi connectivity index (χ3v) is 3.98. The van der Waals surface area contributed by atoms with Crippen LogP contribution in [0.1, 0.15) is 27.8 Å². The number of hydrogen-bond acceptors (Lipinski definition) is 5. The second kappa shape index (κ2) is 8.99. The molecule has 0 radical (unpaired) electrons. The highest BCUT2D eigenvalue weighted by molar-refractivity contribution is 6.07. The fraction of sp³-hybridized carbons (Fsp3) is 0.0952. The van der Waals surface area contributed by atoms with E-state index in [1.807, 2.05) is 0 Å². The zero-order valence-corrected chi connectivity index (χ0v) is 15.6. The van der Waals surface area contributed by atoms with Crippen LogP contribution in [-0.4, -0.2) is 23.9 Å². The minimum atomic E-state index is -1.25. The van der Waals surface area contributed by atoms with Gasteiger partial charge in [-0.05, 0) is 43.3 Å². The highest BCUT2D eigenvalue weighted by Gasteiger charge is 2.22. The van der Waals surface area contributed by atoms with E-state index in [4.69, 9.17) is 9.15 Å². The van der Waals surface area contributed by atoms with Crippen molar-refractivity contribution in [1.29, 1.82) is 0 Å². The van der Waals surface area contributed by atoms with Crippen molar-refractivity contribution in [2.24, 2.45) is 0 Å². The Hall–Kier alpha value is -4.01. The average molecular weight is 414 g/mol. The van der Waals surface area contributed by atoms with Gasteiger partial charge in [-0.25, -0.2) is 13.6 Å². The molecule has 0 aliphatic carbocycles. The number of para-hydroxylation sites is 1. The maximum atomic E-state index is 13.3. The summed E-state index contributed by atoms with van der Waals surface area (Å²) in [6.45, 7) is 1.32. The van der Waals surface area contributed by atoms with Gasteiger partial charge in [-0.2, -0.15) is 0 Å². The fourth-order valence-corrected chi connectivity index (χ4v) is 2.46. The number of carbonyl (C=O) groups is 3. The van der Waals surface area contributed by atoms with Crippen LogP contribution < -0.4 is 10.6 Å². The maximum Gasteiger partial charge on any atom is 0.341 e. The molecule has 2 amide bonds. The van der Waals surface area contributed by atoms with Crippen LogP contribution in [0, 0.1) is 11.6 Å². The molecular weight excluding hydrogens is 398 g/mol. The second-order valence-electron chi connectivity index (χ2n) is 6.14. The monoisotopic (exact) mass is 414 g/mol. The molecule has 2 N–H and O–H groups in total. The van der Waals surface area contributed by atoms with E-state index in [2.05, 4.69) is 10.6 Å². The number of rotatable bonds is 6. The van der Waals surface area contributed by atoms with E-state index in [9.17, 15) is 23.2 Å². The SMILES string of the molecule is C[C@H](OC(=O)c1ccccc1NC(=O)c1ccco1)C(=O)Nc1ccc(F)c(F)c1. The molecule has 9 heteroatoms. The van der Waals surface area contributed by atoms with Crippen molar-refractivity contribution in [2.45, 2.75) is 13.0 Å². The number of amides is 2. The number of anilines is 2. The van der Waals surface area contributed by atoms with Gasteiger partial charge < -0.3 is 19.8 Å². The number of halogens is 2. The highest BCUT2D eigenvalue weighted by Crippen LogP contribution is 2.19. The largest absolute Gasteiger partial charge is 0.459 e. The Labute approximate surface area is 169 Å². The topological polar surface area (TPSA) is 97.6 Å². The Kier molecular flexibility index (Phi) is 6.21. The number of nitrogens with one attached hydrogen (secondary N) is 2. The lowest BCUT2D eigenvalue weighted by Crippen LogP contribution is -2.30. The molecule has 2 aromatic carbocycles. The van der Waals surface area contributed by atoms with Gasteiger partial charge in [-0.1, -0.05) is 12.1 Å². The minimum absolute atomic E-state index is 0.00732. The first-order valence-corrected chi connectivity index (χ1v) is 8.76. The first-order valence-electron chi connectivity index (χ1n) is 8.76. The number of esters is 1. The van der Waals surface area contributed by atoms with E-state index in [1.165, 1.54) is 37.5 Å². The first-order chi connectivity index (χ1) is 14.3. The van der Waals surface area contributed by atoms with E-state index in [-0.39, 0.29) is 22.7 Å². The minimum Gasteiger partial charge on any atom is -0.459 e. The molecule has 0 fully saturated rings. The molecule has 1 aromatic heterocycles. The van der Waals surface area contributed by atoms with Crippen molar-refractivity contribution in [3.63, 3.8) is 0 Å². The lowest BCUT2D eigenvalue weighted by atomic mass is 10.1. The third-order valence-electron chi connectivity index (χ3n) is 3.98. The first kappa shape index (κ1) is 20.7. The number of carbonyl (C=O) groups excluding carboxylic acids is 3. The Morgan fingerprint density at radius 1 is 0.967 bits per heavy atom. The van der Waals surface area contributed by atoms with Gasteiger partial charge in [-0.3, -0.25) is 9.59 Å². The molecule has 154 valence electrons. The number of ether oxygens (including phenoxy) is 1. The standard InChI is InChI=1S/C21H16F2N2O5/c1-12(19(26)24-13-8-9-15(22)16(23)11-13)30-21(28)14-5-2-3-6-17(14)25-20(27)18-7-4-10-29-18/h2-12H,1H3,(H,24,26)(H,25,27)/t12-/m0/s1. The maximum absolute atomic E-state index is 13.3. The number of benzene rings is 2. The quantitative estimate of drug-likeness (QED) is 0.595. The van der Waals surface area contributed by atoms with Gasteiger partial charge in [0.05, 0.1) is 17.5 Å². The van der Waals surface area contributed by atoms with Gasteiger partial charge in [0, 0.05) is 11.8 Å². The van der Waals surface area contributed by atoms with E-state index in [0.29, 0.717) is 0 Å². The van der Waals surface area contributed by atoms with Crippen molar-refractivity contribution >= 4 is 29.2 Å². The van der Waals surface area contributed by atoms with E-state index < -0.39 is 35.5 Å². The Balaban J connectivity index is 1.67. The molecule has 0 saturated heterocycles. The molecule has 30 heavy (non-hydrogen) atoms. The van der Waals surface area contributed by atoms with Crippen molar-refractivity contribution in [2.75, 3.05) is 10.6 Å². The van der Waals surface area contributed by atoms with Crippen LogP contribution in [0.2, 0.25) is 0 Å². The van der Waals surface area contributed by atoms with Gasteiger partial charge in [0.25, 0.3) is 11.8 Å². The predicted molar refractivity (Wildman–Crippen MR) is 103 cm³/mol. The van der Waals surface area contributed by atoms with Gasteiger partial charge >= 0.3 is 5.97 Å². The summed E-state index contributed by atoms with van der Waals surface area (Å²) < 4.78 is 36.4. The van der Waals surface area contributed by atoms with Gasteiger partial charge in [-0.15, -0.1) is 0 Å². The Bertz CT molecular complexity index is 1080. The van der Waals surface area contributed by atoms with Crippen molar-refractivity contribution in [3.8, 4) is 0 Å². The molecule has 1 heterocycles. The molecule has 3 aromatic rings. The molecular formula is C21H16F2N2O5. The van der Waals surface area contributed by atoms with Gasteiger partial charge in [0.2, 0.25) is 0 Å². The summed E-state index contributed by atoms with van der Waals surface area (Å²) in [7, 11) is 0. The normalized spacial score (nSPS) is 11.4. The zero-order valence-electron chi connectivity index (χ0n) is 15.6. The summed E-state index contributed by atoms with van der Waals surface area (Å²) in [5.41, 5.74) is 0.190. The number of hydrogen-bond donors (Lipinski definition) is 2. The number of furan rings is 1. The summed E-state index contributed by atoms with van der Waals surface area (Å²) >= 11 is 0. The fourth-order valence-electron chi connectivity index (χ4n) is 2.46. The predicted octanol–water partition coefficient (Wildman–Crippen LogP) is 3.99. The Morgan fingerprint density at radius 3 is 2.43 bits per heavy atom. The smallest absolute Gasteiger partial charge is 0.341 e. The molecule has 7 nitrogen and oxygen atoms in total. The zero-order chi connectivity index (χ0) is 21.7. The van der Waals surface area contributed by atoms with Crippen LogP contribution >= 0.6 is 0 Å².